The van der Waals surface area contributed by atoms with E-state index in [1.165, 1.54) is 0 Å². The number of benzene rings is 1. The molecule has 2 aromatic rings. The Bertz CT molecular complexity index is 664. The Hall–Kier alpha value is -1.59. The highest BCUT2D eigenvalue weighted by Gasteiger charge is 2.13. The van der Waals surface area contributed by atoms with Crippen molar-refractivity contribution in [2.24, 2.45) is 0 Å². The van der Waals surface area contributed by atoms with E-state index >= 15 is 0 Å². The van der Waals surface area contributed by atoms with E-state index in [0.29, 0.717) is 6.54 Å². The van der Waals surface area contributed by atoms with Gasteiger partial charge in [-0.3, -0.25) is 0 Å². The minimum Gasteiger partial charge on any atom is -0.478 e. The van der Waals surface area contributed by atoms with Crippen molar-refractivity contribution in [3.05, 3.63) is 56.9 Å². The van der Waals surface area contributed by atoms with Gasteiger partial charge in [0.2, 0.25) is 0 Å². The number of hydrogen-bond donors (Lipinski definition) is 2. The Morgan fingerprint density at radius 1 is 1.38 bits per heavy atom. The molecule has 2 rings (SSSR count). The summed E-state index contributed by atoms with van der Waals surface area (Å²) in [5, 5.41) is 12.4. The average Bonchev–Trinajstić information content (AvgIpc) is 2.75. The number of halogens is 1. The fraction of sp³-hybridized carbons (Fsp3) is 0.312. The second kappa shape index (κ2) is 6.45. The molecule has 1 unspecified atom stereocenters. The summed E-state index contributed by atoms with van der Waals surface area (Å²) in [6.45, 7) is 6.62. The molecule has 0 saturated carbocycles. The van der Waals surface area contributed by atoms with Gasteiger partial charge in [-0.2, -0.15) is 0 Å². The fourth-order valence-electron chi connectivity index (χ4n) is 2.28. The second-order valence-electron chi connectivity index (χ2n) is 5.08. The Morgan fingerprint density at radius 3 is 2.62 bits per heavy atom. The van der Waals surface area contributed by atoms with Crippen LogP contribution in [0.25, 0.3) is 0 Å². The normalized spacial score (nSPS) is 12.4. The fourth-order valence-corrected chi connectivity index (χ4v) is 2.80. The third-order valence-electron chi connectivity index (χ3n) is 3.44. The van der Waals surface area contributed by atoms with Crippen molar-refractivity contribution < 1.29 is 14.3 Å². The number of furan rings is 1. The van der Waals surface area contributed by atoms with E-state index in [2.05, 4.69) is 28.2 Å². The summed E-state index contributed by atoms with van der Waals surface area (Å²) in [7, 11) is 0. The van der Waals surface area contributed by atoms with E-state index in [1.54, 1.807) is 12.1 Å². The predicted octanol–water partition coefficient (Wildman–Crippen LogP) is 4.21. The minimum absolute atomic E-state index is 0.161. The lowest BCUT2D eigenvalue weighted by molar-refractivity contribution is 0.0697. The standard InChI is InChI=1S/C16H18BrNO3/c1-9-6-14(11(3)21-9)10(2)18-8-13-5-4-12(16(19)20)7-15(13)17/h4-7,10,18H,8H2,1-3H3,(H,19,20). The Balaban J connectivity index is 2.06. The summed E-state index contributed by atoms with van der Waals surface area (Å²) >= 11 is 3.42. The second-order valence-corrected chi connectivity index (χ2v) is 5.94. The summed E-state index contributed by atoms with van der Waals surface area (Å²) in [6.07, 6.45) is 0. The van der Waals surface area contributed by atoms with E-state index in [-0.39, 0.29) is 11.6 Å². The molecular formula is C16H18BrNO3. The smallest absolute Gasteiger partial charge is 0.335 e. The molecule has 0 amide bonds. The highest BCUT2D eigenvalue weighted by atomic mass is 79.9. The molecule has 1 aromatic heterocycles. The van der Waals surface area contributed by atoms with E-state index < -0.39 is 5.97 Å². The molecule has 5 heteroatoms. The molecule has 21 heavy (non-hydrogen) atoms. The monoisotopic (exact) mass is 351 g/mol. The van der Waals surface area contributed by atoms with Gasteiger partial charge in [0.15, 0.2) is 0 Å². The summed E-state index contributed by atoms with van der Waals surface area (Å²) in [4.78, 5) is 10.9. The lowest BCUT2D eigenvalue weighted by atomic mass is 10.1. The topological polar surface area (TPSA) is 62.5 Å². The maximum Gasteiger partial charge on any atom is 0.335 e. The van der Waals surface area contributed by atoms with Crippen LogP contribution >= 0.6 is 15.9 Å². The molecule has 0 aliphatic rings. The van der Waals surface area contributed by atoms with Crippen molar-refractivity contribution in [1.29, 1.82) is 0 Å². The highest BCUT2D eigenvalue weighted by molar-refractivity contribution is 9.10. The van der Waals surface area contributed by atoms with Gasteiger partial charge in [0.1, 0.15) is 11.5 Å². The minimum atomic E-state index is -0.923. The number of aryl methyl sites for hydroxylation is 2. The van der Waals surface area contributed by atoms with E-state index in [9.17, 15) is 4.79 Å². The molecule has 2 N–H and O–H groups in total. The van der Waals surface area contributed by atoms with Gasteiger partial charge in [-0.05, 0) is 44.5 Å². The largest absolute Gasteiger partial charge is 0.478 e. The molecule has 0 radical (unpaired) electrons. The molecule has 0 spiro atoms. The van der Waals surface area contributed by atoms with Gasteiger partial charge in [-0.1, -0.05) is 22.0 Å². The predicted molar refractivity (Wildman–Crippen MR) is 84.5 cm³/mol. The number of carbonyl (C=O) groups is 1. The molecule has 1 aromatic carbocycles. The lowest BCUT2D eigenvalue weighted by Gasteiger charge is -2.14. The van der Waals surface area contributed by atoms with Gasteiger partial charge in [0.25, 0.3) is 0 Å². The molecule has 0 bridgehead atoms. The van der Waals surface area contributed by atoms with Crippen LogP contribution in [0.15, 0.2) is 33.2 Å². The van der Waals surface area contributed by atoms with Crippen LogP contribution in [0, 0.1) is 13.8 Å². The van der Waals surface area contributed by atoms with Crippen molar-refractivity contribution in [3.8, 4) is 0 Å². The summed E-state index contributed by atoms with van der Waals surface area (Å²) in [5.41, 5.74) is 2.44. The number of aromatic carboxylic acids is 1. The first-order valence-electron chi connectivity index (χ1n) is 6.70. The first-order valence-corrected chi connectivity index (χ1v) is 7.50. The number of carboxylic acids is 1. The number of nitrogens with one attached hydrogen (secondary N) is 1. The van der Waals surface area contributed by atoms with Crippen molar-refractivity contribution in [1.82, 2.24) is 5.32 Å². The first-order chi connectivity index (χ1) is 9.88. The van der Waals surface area contributed by atoms with Gasteiger partial charge in [0, 0.05) is 22.6 Å². The SMILES string of the molecule is Cc1cc(C(C)NCc2ccc(C(=O)O)cc2Br)c(C)o1. The molecule has 1 atom stereocenters. The number of rotatable bonds is 5. The Kier molecular flexibility index (Phi) is 4.85. The lowest BCUT2D eigenvalue weighted by Crippen LogP contribution is -2.18. The number of hydrogen-bond acceptors (Lipinski definition) is 3. The molecule has 0 aliphatic heterocycles. The zero-order valence-corrected chi connectivity index (χ0v) is 13.8. The van der Waals surface area contributed by atoms with Crippen LogP contribution in [0.2, 0.25) is 0 Å². The van der Waals surface area contributed by atoms with Crippen LogP contribution in [0.5, 0.6) is 0 Å². The molecule has 0 fully saturated rings. The molecular weight excluding hydrogens is 334 g/mol. The molecule has 1 heterocycles. The average molecular weight is 352 g/mol. The molecule has 0 aliphatic carbocycles. The van der Waals surface area contributed by atoms with Gasteiger partial charge in [0.05, 0.1) is 5.56 Å². The van der Waals surface area contributed by atoms with Crippen molar-refractivity contribution >= 4 is 21.9 Å². The summed E-state index contributed by atoms with van der Waals surface area (Å²) in [5.74, 6) is 0.906. The molecule has 0 saturated heterocycles. The van der Waals surface area contributed by atoms with Crippen LogP contribution in [0.1, 0.15) is 46.0 Å². The highest BCUT2D eigenvalue weighted by Crippen LogP contribution is 2.23. The van der Waals surface area contributed by atoms with Crippen molar-refractivity contribution in [3.63, 3.8) is 0 Å². The van der Waals surface area contributed by atoms with E-state index in [0.717, 1.165) is 27.1 Å². The summed E-state index contributed by atoms with van der Waals surface area (Å²) < 4.78 is 6.33. The van der Waals surface area contributed by atoms with Gasteiger partial charge in [-0.25, -0.2) is 4.79 Å². The zero-order valence-electron chi connectivity index (χ0n) is 12.2. The van der Waals surface area contributed by atoms with Gasteiger partial charge < -0.3 is 14.8 Å². The van der Waals surface area contributed by atoms with Crippen LogP contribution in [0.3, 0.4) is 0 Å². The zero-order chi connectivity index (χ0) is 15.6. The van der Waals surface area contributed by atoms with Crippen molar-refractivity contribution in [2.45, 2.75) is 33.4 Å². The first kappa shape index (κ1) is 15.8. The number of carboxylic acid groups (broad SMARTS) is 1. The molecule has 112 valence electrons. The quantitative estimate of drug-likeness (QED) is 0.846. The third-order valence-corrected chi connectivity index (χ3v) is 4.18. The van der Waals surface area contributed by atoms with Crippen LogP contribution < -0.4 is 5.32 Å². The van der Waals surface area contributed by atoms with Gasteiger partial charge in [-0.15, -0.1) is 0 Å². The van der Waals surface area contributed by atoms with Crippen LogP contribution in [-0.2, 0) is 6.54 Å². The maximum atomic E-state index is 10.9. The van der Waals surface area contributed by atoms with Gasteiger partial charge >= 0.3 is 5.97 Å². The maximum absolute atomic E-state index is 10.9. The summed E-state index contributed by atoms with van der Waals surface area (Å²) in [6, 6.07) is 7.25. The van der Waals surface area contributed by atoms with E-state index in [1.807, 2.05) is 26.0 Å². The third kappa shape index (κ3) is 3.74. The van der Waals surface area contributed by atoms with E-state index in [4.69, 9.17) is 9.52 Å². The van der Waals surface area contributed by atoms with Crippen molar-refractivity contribution in [2.75, 3.05) is 0 Å². The Morgan fingerprint density at radius 2 is 2.10 bits per heavy atom. The Labute approximate surface area is 132 Å². The molecule has 4 nitrogen and oxygen atoms in total. The van der Waals surface area contributed by atoms with Crippen LogP contribution in [0.4, 0.5) is 0 Å². The van der Waals surface area contributed by atoms with Crippen LogP contribution in [-0.4, -0.2) is 11.1 Å².